The van der Waals surface area contributed by atoms with Crippen LogP contribution in [0.2, 0.25) is 0 Å². The quantitative estimate of drug-likeness (QED) is 0.512. The lowest BCUT2D eigenvalue weighted by Gasteiger charge is -2.36. The third kappa shape index (κ3) is 4.63. The Bertz CT molecular complexity index is 963. The van der Waals surface area contributed by atoms with Gasteiger partial charge in [-0.05, 0) is 42.5 Å². The second kappa shape index (κ2) is 9.53. The van der Waals surface area contributed by atoms with Gasteiger partial charge in [0.05, 0.1) is 10.9 Å². The Morgan fingerprint density at radius 3 is 2.80 bits per heavy atom. The maximum atomic E-state index is 13.0. The first-order valence-electron chi connectivity index (χ1n) is 10.1. The molecule has 1 atom stereocenters. The monoisotopic (exact) mass is 437 g/mol. The van der Waals surface area contributed by atoms with Crippen LogP contribution in [0, 0.1) is 0 Å². The number of piperidine rings is 1. The molecule has 0 radical (unpaired) electrons. The van der Waals surface area contributed by atoms with Gasteiger partial charge in [-0.3, -0.25) is 19.5 Å². The first-order chi connectivity index (χ1) is 14.6. The summed E-state index contributed by atoms with van der Waals surface area (Å²) in [5.74, 6) is -0.0613. The molecule has 2 aromatic rings. The minimum Gasteiger partial charge on any atom is -0.336 e. The number of amides is 2. The Morgan fingerprint density at radius 1 is 1.20 bits per heavy atom. The van der Waals surface area contributed by atoms with E-state index in [4.69, 9.17) is 12.2 Å². The largest absolute Gasteiger partial charge is 0.336 e. The molecule has 0 N–H and O–H groups in total. The van der Waals surface area contributed by atoms with Gasteiger partial charge in [0, 0.05) is 31.9 Å². The van der Waals surface area contributed by atoms with Crippen molar-refractivity contribution in [1.82, 2.24) is 14.8 Å². The predicted octanol–water partition coefficient (Wildman–Crippen LogP) is 4.43. The highest BCUT2D eigenvalue weighted by Crippen LogP contribution is 2.34. The zero-order valence-electron chi connectivity index (χ0n) is 16.6. The number of likely N-dealkylation sites (tertiary alicyclic amines) is 1. The number of hydrogen-bond acceptors (Lipinski definition) is 5. The van der Waals surface area contributed by atoms with E-state index in [1.165, 1.54) is 11.8 Å². The van der Waals surface area contributed by atoms with Gasteiger partial charge in [-0.15, -0.1) is 0 Å². The van der Waals surface area contributed by atoms with E-state index in [2.05, 4.69) is 4.98 Å². The average molecular weight is 438 g/mol. The number of carbonyl (C=O) groups excluding carboxylic acids is 2. The number of pyridine rings is 1. The van der Waals surface area contributed by atoms with Gasteiger partial charge >= 0.3 is 0 Å². The van der Waals surface area contributed by atoms with E-state index >= 15 is 0 Å². The van der Waals surface area contributed by atoms with Crippen molar-refractivity contribution in [2.24, 2.45) is 0 Å². The number of nitrogens with zero attached hydrogens (tertiary/aromatic N) is 3. The summed E-state index contributed by atoms with van der Waals surface area (Å²) in [6, 6.07) is 13.7. The van der Waals surface area contributed by atoms with Gasteiger partial charge in [0.2, 0.25) is 5.91 Å². The second-order valence-electron chi connectivity index (χ2n) is 7.38. The molecule has 1 aromatic heterocycles. The number of rotatable bonds is 5. The summed E-state index contributed by atoms with van der Waals surface area (Å²) >= 11 is 6.71. The van der Waals surface area contributed by atoms with Crippen molar-refractivity contribution in [3.05, 3.63) is 70.9 Å². The van der Waals surface area contributed by atoms with E-state index in [9.17, 15) is 9.59 Å². The van der Waals surface area contributed by atoms with Gasteiger partial charge < -0.3 is 4.90 Å². The first-order valence-corrected chi connectivity index (χ1v) is 11.4. The molecule has 7 heteroatoms. The third-order valence-corrected chi connectivity index (χ3v) is 6.79. The highest BCUT2D eigenvalue weighted by molar-refractivity contribution is 8.26. The summed E-state index contributed by atoms with van der Waals surface area (Å²) in [6.45, 7) is 1.05. The van der Waals surface area contributed by atoms with E-state index in [0.29, 0.717) is 15.8 Å². The Hall–Kier alpha value is -2.51. The molecule has 0 aliphatic carbocycles. The van der Waals surface area contributed by atoms with Crippen LogP contribution in [0.15, 0.2) is 59.8 Å². The number of thiocarbonyl (C=S) groups is 1. The van der Waals surface area contributed by atoms with Crippen LogP contribution in [0.4, 0.5) is 0 Å². The van der Waals surface area contributed by atoms with Crippen molar-refractivity contribution in [1.29, 1.82) is 0 Å². The van der Waals surface area contributed by atoms with Gasteiger partial charge in [-0.2, -0.15) is 0 Å². The molecule has 0 spiro atoms. The Morgan fingerprint density at radius 2 is 2.03 bits per heavy atom. The topological polar surface area (TPSA) is 53.5 Å². The Kier molecular flexibility index (Phi) is 6.59. The van der Waals surface area contributed by atoms with Gasteiger partial charge in [0.1, 0.15) is 4.32 Å². The number of aromatic nitrogens is 1. The lowest BCUT2D eigenvalue weighted by atomic mass is 9.96. The summed E-state index contributed by atoms with van der Waals surface area (Å²) < 4.78 is 0.512. The van der Waals surface area contributed by atoms with Gasteiger partial charge in [-0.25, -0.2) is 0 Å². The number of hydrogen-bond donors (Lipinski definition) is 0. The summed E-state index contributed by atoms with van der Waals surface area (Å²) in [5, 5.41) is 0. The number of thioether (sulfide) groups is 1. The van der Waals surface area contributed by atoms with Crippen LogP contribution in [0.1, 0.15) is 42.9 Å². The van der Waals surface area contributed by atoms with Crippen LogP contribution in [0.25, 0.3) is 6.08 Å². The molecule has 0 saturated carbocycles. The molecule has 2 fully saturated rings. The Balaban J connectivity index is 1.41. The van der Waals surface area contributed by atoms with Crippen molar-refractivity contribution in [3.63, 3.8) is 0 Å². The second-order valence-corrected chi connectivity index (χ2v) is 9.05. The lowest BCUT2D eigenvalue weighted by molar-refractivity contribution is -0.135. The van der Waals surface area contributed by atoms with E-state index in [-0.39, 0.29) is 24.3 Å². The zero-order chi connectivity index (χ0) is 20.9. The molecule has 30 heavy (non-hydrogen) atoms. The molecule has 3 heterocycles. The smallest absolute Gasteiger partial charge is 0.266 e. The first kappa shape index (κ1) is 20.8. The van der Waals surface area contributed by atoms with Crippen molar-refractivity contribution in [3.8, 4) is 0 Å². The molecular weight excluding hydrogens is 414 g/mol. The van der Waals surface area contributed by atoms with Crippen LogP contribution in [-0.4, -0.2) is 44.0 Å². The fourth-order valence-electron chi connectivity index (χ4n) is 3.89. The molecule has 2 aliphatic heterocycles. The molecular formula is C23H23N3O2S2. The summed E-state index contributed by atoms with van der Waals surface area (Å²) in [5.41, 5.74) is 2.03. The standard InChI is InChI=1S/C23H23N3O2S2/c27-21(25-13-5-4-10-19(25)18-9-6-12-24-16-18)11-14-26-22(28)20(30-23(26)29)15-17-7-2-1-3-8-17/h1-3,6-9,12,15-16,19H,4-5,10-11,13-14H2/t19-/m1/s1. The van der Waals surface area contributed by atoms with Crippen molar-refractivity contribution in [2.45, 2.75) is 31.7 Å². The van der Waals surface area contributed by atoms with Gasteiger partial charge in [0.25, 0.3) is 5.91 Å². The minimum atomic E-state index is -0.121. The summed E-state index contributed by atoms with van der Waals surface area (Å²) in [7, 11) is 0. The maximum absolute atomic E-state index is 13.0. The normalized spacial score (nSPS) is 20.8. The highest BCUT2D eigenvalue weighted by Gasteiger charge is 2.34. The van der Waals surface area contributed by atoms with Crippen LogP contribution in [-0.2, 0) is 9.59 Å². The molecule has 2 amide bonds. The van der Waals surface area contributed by atoms with Crippen LogP contribution >= 0.6 is 24.0 Å². The van der Waals surface area contributed by atoms with Crippen LogP contribution < -0.4 is 0 Å². The SMILES string of the molecule is O=C1C(=Cc2ccccc2)SC(=S)N1CCC(=O)N1CCCC[C@@H]1c1cccnc1. The predicted molar refractivity (Wildman–Crippen MR) is 123 cm³/mol. The zero-order valence-corrected chi connectivity index (χ0v) is 18.2. The molecule has 154 valence electrons. The van der Waals surface area contributed by atoms with Crippen molar-refractivity contribution >= 4 is 46.2 Å². The van der Waals surface area contributed by atoms with E-state index in [0.717, 1.165) is 36.9 Å². The molecule has 0 bridgehead atoms. The number of carbonyl (C=O) groups is 2. The third-order valence-electron chi connectivity index (χ3n) is 5.41. The summed E-state index contributed by atoms with van der Waals surface area (Å²) in [6.07, 6.45) is 8.75. The van der Waals surface area contributed by atoms with E-state index in [1.807, 2.05) is 59.6 Å². The van der Waals surface area contributed by atoms with E-state index in [1.54, 1.807) is 11.1 Å². The number of benzene rings is 1. The maximum Gasteiger partial charge on any atom is 0.266 e. The molecule has 2 aliphatic rings. The van der Waals surface area contributed by atoms with Crippen LogP contribution in [0.5, 0.6) is 0 Å². The average Bonchev–Trinajstić information content (AvgIpc) is 3.05. The molecule has 2 saturated heterocycles. The van der Waals surface area contributed by atoms with Crippen LogP contribution in [0.3, 0.4) is 0 Å². The fraction of sp³-hybridized carbons (Fsp3) is 0.304. The Labute approximate surface area is 186 Å². The molecule has 5 nitrogen and oxygen atoms in total. The summed E-state index contributed by atoms with van der Waals surface area (Å²) in [4.78, 5) is 34.1. The van der Waals surface area contributed by atoms with E-state index < -0.39 is 0 Å². The molecule has 0 unspecified atom stereocenters. The van der Waals surface area contributed by atoms with Crippen molar-refractivity contribution < 1.29 is 9.59 Å². The lowest BCUT2D eigenvalue weighted by Crippen LogP contribution is -2.40. The molecule has 4 rings (SSSR count). The highest BCUT2D eigenvalue weighted by atomic mass is 32.2. The molecule has 1 aromatic carbocycles. The van der Waals surface area contributed by atoms with Gasteiger partial charge in [0.15, 0.2) is 0 Å². The van der Waals surface area contributed by atoms with Crippen molar-refractivity contribution in [2.75, 3.05) is 13.1 Å². The minimum absolute atomic E-state index is 0.0593. The fourth-order valence-corrected chi connectivity index (χ4v) is 5.20. The van der Waals surface area contributed by atoms with Gasteiger partial charge in [-0.1, -0.05) is 60.4 Å².